The molecule has 0 aromatic heterocycles. The minimum Gasteiger partial charge on any atom is -0.497 e. The van der Waals surface area contributed by atoms with Gasteiger partial charge in [0.2, 0.25) is 0 Å². The second-order valence-electron chi connectivity index (χ2n) is 5.96. The fraction of sp³-hybridized carbons (Fsp3) is 0.316. The molecule has 2 aromatic carbocycles. The summed E-state index contributed by atoms with van der Waals surface area (Å²) in [5.41, 5.74) is 2.32. The average molecular weight is 361 g/mol. The first-order chi connectivity index (χ1) is 11.8. The summed E-state index contributed by atoms with van der Waals surface area (Å²) >= 11 is 0. The van der Waals surface area contributed by atoms with E-state index in [0.717, 1.165) is 30.4 Å². The van der Waals surface area contributed by atoms with Crippen LogP contribution in [0, 0.1) is 6.92 Å². The fourth-order valence-corrected chi connectivity index (χ4v) is 3.11. The molecular weight excluding hydrogens is 338 g/mol. The molecule has 0 spiro atoms. The van der Waals surface area contributed by atoms with Crippen molar-refractivity contribution < 1.29 is 17.9 Å². The Morgan fingerprint density at radius 2 is 1.80 bits per heavy atom. The van der Waals surface area contributed by atoms with Crippen LogP contribution in [-0.4, -0.2) is 34.2 Å². The molecule has 0 radical (unpaired) electrons. The molecule has 25 heavy (non-hydrogen) atoms. The highest BCUT2D eigenvalue weighted by Crippen LogP contribution is 2.16. The third kappa shape index (κ3) is 5.32. The summed E-state index contributed by atoms with van der Waals surface area (Å²) in [7, 11) is -1.70. The molecule has 0 heterocycles. The van der Waals surface area contributed by atoms with Gasteiger partial charge in [-0.3, -0.25) is 4.79 Å². The molecule has 0 bridgehead atoms. The fourth-order valence-electron chi connectivity index (χ4n) is 2.46. The van der Waals surface area contributed by atoms with E-state index in [9.17, 15) is 13.2 Å². The predicted molar refractivity (Wildman–Crippen MR) is 97.9 cm³/mol. The molecule has 5 nitrogen and oxygen atoms in total. The van der Waals surface area contributed by atoms with Gasteiger partial charge in [-0.2, -0.15) is 0 Å². The second kappa shape index (κ2) is 8.16. The van der Waals surface area contributed by atoms with E-state index in [2.05, 4.69) is 5.32 Å². The van der Waals surface area contributed by atoms with E-state index in [0.29, 0.717) is 12.1 Å². The Hall–Kier alpha value is -2.34. The van der Waals surface area contributed by atoms with Crippen LogP contribution in [0.3, 0.4) is 0 Å². The minimum atomic E-state index is -3.33. The number of ether oxygens (including phenoxy) is 1. The number of rotatable bonds is 7. The maximum Gasteiger partial charge on any atom is 0.251 e. The molecule has 1 N–H and O–H groups in total. The van der Waals surface area contributed by atoms with Gasteiger partial charge in [-0.05, 0) is 55.2 Å². The van der Waals surface area contributed by atoms with Gasteiger partial charge in [0.05, 0.1) is 12.0 Å². The van der Waals surface area contributed by atoms with Crippen molar-refractivity contribution >= 4 is 15.7 Å². The van der Waals surface area contributed by atoms with Crippen LogP contribution in [0.2, 0.25) is 0 Å². The Balaban J connectivity index is 1.91. The zero-order valence-corrected chi connectivity index (χ0v) is 15.5. The van der Waals surface area contributed by atoms with Crippen molar-refractivity contribution in [3.63, 3.8) is 0 Å². The molecule has 0 fully saturated rings. The first-order valence-corrected chi connectivity index (χ1v) is 9.92. The monoisotopic (exact) mass is 361 g/mol. The second-order valence-corrected chi connectivity index (χ2v) is 7.97. The van der Waals surface area contributed by atoms with E-state index in [1.165, 1.54) is 17.7 Å². The third-order valence-corrected chi connectivity index (χ3v) is 5.08. The molecule has 0 aliphatic heterocycles. The molecule has 1 amide bonds. The summed E-state index contributed by atoms with van der Waals surface area (Å²) in [5, 5.41) is 2.85. The lowest BCUT2D eigenvalue weighted by Crippen LogP contribution is -2.25. The number of sulfone groups is 1. The smallest absolute Gasteiger partial charge is 0.251 e. The summed E-state index contributed by atoms with van der Waals surface area (Å²) < 4.78 is 28.4. The first kappa shape index (κ1) is 19.0. The van der Waals surface area contributed by atoms with Gasteiger partial charge in [0.25, 0.3) is 5.91 Å². The van der Waals surface area contributed by atoms with Crippen LogP contribution < -0.4 is 10.1 Å². The van der Waals surface area contributed by atoms with Gasteiger partial charge in [0, 0.05) is 18.4 Å². The molecule has 134 valence electrons. The van der Waals surface area contributed by atoms with E-state index in [1.54, 1.807) is 20.1 Å². The molecule has 2 aromatic rings. The van der Waals surface area contributed by atoms with Crippen molar-refractivity contribution in [2.45, 2.75) is 24.7 Å². The van der Waals surface area contributed by atoms with E-state index in [4.69, 9.17) is 4.74 Å². The highest BCUT2D eigenvalue weighted by Gasteiger charge is 2.14. The van der Waals surface area contributed by atoms with Crippen molar-refractivity contribution in [2.24, 2.45) is 0 Å². The number of aryl methyl sites for hydroxylation is 2. The maximum absolute atomic E-state index is 12.3. The summed E-state index contributed by atoms with van der Waals surface area (Å²) in [5.74, 6) is 0.566. The normalized spacial score (nSPS) is 11.2. The molecule has 6 heteroatoms. The zero-order valence-electron chi connectivity index (χ0n) is 14.7. The Kier molecular flexibility index (Phi) is 6.20. The van der Waals surface area contributed by atoms with Crippen LogP contribution >= 0.6 is 0 Å². The Bertz CT molecular complexity index is 842. The molecule has 0 saturated heterocycles. The number of carbonyl (C=O) groups excluding carboxylic acids is 1. The Labute approximate surface area is 148 Å². The summed E-state index contributed by atoms with van der Waals surface area (Å²) in [6, 6.07) is 12.4. The van der Waals surface area contributed by atoms with Gasteiger partial charge in [-0.25, -0.2) is 8.42 Å². The Morgan fingerprint density at radius 3 is 2.40 bits per heavy atom. The van der Waals surface area contributed by atoms with E-state index < -0.39 is 9.84 Å². The van der Waals surface area contributed by atoms with Crippen LogP contribution in [-0.2, 0) is 16.3 Å². The van der Waals surface area contributed by atoms with Crippen LogP contribution in [0.4, 0.5) is 0 Å². The van der Waals surface area contributed by atoms with Gasteiger partial charge < -0.3 is 10.1 Å². The van der Waals surface area contributed by atoms with Crippen LogP contribution in [0.15, 0.2) is 47.4 Å². The maximum atomic E-state index is 12.3. The number of methoxy groups -OCH3 is 1. The predicted octanol–water partition coefficient (Wildman–Crippen LogP) is 2.77. The number of hydrogen-bond acceptors (Lipinski definition) is 4. The first-order valence-electron chi connectivity index (χ1n) is 8.03. The molecule has 0 atom stereocenters. The molecule has 2 rings (SSSR count). The molecule has 0 aliphatic rings. The average Bonchev–Trinajstić information content (AvgIpc) is 2.58. The van der Waals surface area contributed by atoms with E-state index in [-0.39, 0.29) is 10.8 Å². The van der Waals surface area contributed by atoms with Gasteiger partial charge in [-0.15, -0.1) is 0 Å². The van der Waals surface area contributed by atoms with Gasteiger partial charge >= 0.3 is 0 Å². The summed E-state index contributed by atoms with van der Waals surface area (Å²) in [4.78, 5) is 12.5. The zero-order chi connectivity index (χ0) is 18.4. The lowest BCUT2D eigenvalue weighted by Gasteiger charge is -2.09. The Morgan fingerprint density at radius 1 is 1.12 bits per heavy atom. The SMILES string of the molecule is COc1ccc(CCCNC(=O)c2cc(S(C)(=O)=O)ccc2C)cc1. The quantitative estimate of drug-likeness (QED) is 0.770. The molecular formula is C19H23NO4S. The topological polar surface area (TPSA) is 72.5 Å². The van der Waals surface area contributed by atoms with Crippen molar-refractivity contribution in [3.05, 3.63) is 59.2 Å². The largest absolute Gasteiger partial charge is 0.497 e. The minimum absolute atomic E-state index is 0.154. The third-order valence-electron chi connectivity index (χ3n) is 3.97. The van der Waals surface area contributed by atoms with Crippen molar-refractivity contribution in [3.8, 4) is 5.75 Å². The lowest BCUT2D eigenvalue weighted by atomic mass is 10.1. The van der Waals surface area contributed by atoms with E-state index >= 15 is 0 Å². The van der Waals surface area contributed by atoms with Gasteiger partial charge in [0.1, 0.15) is 5.75 Å². The van der Waals surface area contributed by atoms with Crippen molar-refractivity contribution in [1.29, 1.82) is 0 Å². The number of carbonyl (C=O) groups is 1. The summed E-state index contributed by atoms with van der Waals surface area (Å²) in [6.07, 6.45) is 2.77. The van der Waals surface area contributed by atoms with Crippen molar-refractivity contribution in [1.82, 2.24) is 5.32 Å². The van der Waals surface area contributed by atoms with Crippen LogP contribution in [0.25, 0.3) is 0 Å². The van der Waals surface area contributed by atoms with Gasteiger partial charge in [-0.1, -0.05) is 18.2 Å². The van der Waals surface area contributed by atoms with Crippen molar-refractivity contribution in [2.75, 3.05) is 19.9 Å². The number of benzene rings is 2. The number of nitrogens with one attached hydrogen (secondary N) is 1. The molecule has 0 aliphatic carbocycles. The van der Waals surface area contributed by atoms with Crippen LogP contribution in [0.5, 0.6) is 5.75 Å². The van der Waals surface area contributed by atoms with Crippen LogP contribution in [0.1, 0.15) is 27.9 Å². The highest BCUT2D eigenvalue weighted by atomic mass is 32.2. The van der Waals surface area contributed by atoms with Gasteiger partial charge in [0.15, 0.2) is 9.84 Å². The number of hydrogen-bond donors (Lipinski definition) is 1. The van der Waals surface area contributed by atoms with E-state index in [1.807, 2.05) is 24.3 Å². The summed E-state index contributed by atoms with van der Waals surface area (Å²) in [6.45, 7) is 2.31. The highest BCUT2D eigenvalue weighted by molar-refractivity contribution is 7.90. The molecule has 0 unspecified atom stereocenters. The lowest BCUT2D eigenvalue weighted by molar-refractivity contribution is 0.0952. The number of amides is 1. The molecule has 0 saturated carbocycles. The standard InChI is InChI=1S/C19H23NO4S/c1-14-6-11-17(25(3,22)23)13-18(14)19(21)20-12-4-5-15-7-9-16(24-2)10-8-15/h6-11,13H,4-5,12H2,1-3H3,(H,20,21).